The van der Waals surface area contributed by atoms with E-state index in [1.54, 1.807) is 0 Å². The monoisotopic (exact) mass is 526 g/mol. The maximum absolute atomic E-state index is 9.75. The number of rotatable bonds is 14. The van der Waals surface area contributed by atoms with Gasteiger partial charge in [-0.3, -0.25) is 0 Å². The van der Waals surface area contributed by atoms with Crippen molar-refractivity contribution >= 4 is 7.25 Å². The van der Waals surface area contributed by atoms with E-state index >= 15 is 0 Å². The van der Waals surface area contributed by atoms with E-state index in [2.05, 4.69) is 76.1 Å². The number of aromatic nitrogens is 2. The van der Waals surface area contributed by atoms with Crippen LogP contribution in [0.1, 0.15) is 82.7 Å². The summed E-state index contributed by atoms with van der Waals surface area (Å²) < 4.78 is 41.1. The van der Waals surface area contributed by atoms with Gasteiger partial charge in [0.25, 0.3) is 0 Å². The Morgan fingerprint density at radius 1 is 0.919 bits per heavy atom. The third kappa shape index (κ3) is 18.4. The van der Waals surface area contributed by atoms with Crippen molar-refractivity contribution in [2.45, 2.75) is 83.7 Å². The van der Waals surface area contributed by atoms with E-state index in [1.165, 1.54) is 69.8 Å². The van der Waals surface area contributed by atoms with Gasteiger partial charge in [-0.2, -0.15) is 0 Å². The zero-order chi connectivity index (χ0) is 27.4. The van der Waals surface area contributed by atoms with Crippen LogP contribution in [-0.4, -0.2) is 46.9 Å². The van der Waals surface area contributed by atoms with Crippen molar-refractivity contribution in [3.8, 4) is 0 Å². The Kier molecular flexibility index (Phi) is 17.2. The lowest BCUT2D eigenvalue weighted by atomic mass is 10.0. The molecule has 0 amide bonds. The Labute approximate surface area is 220 Å². The predicted octanol–water partition coefficient (Wildman–Crippen LogP) is 7.47. The predicted molar refractivity (Wildman–Crippen MR) is 146 cm³/mol. The SMILES string of the molecule is CCCCCCCCCCCC(CN)n1ccnc1.CN1C=CN(Cc2ccccc2)C1.F[B-](F)(F)F. The fraction of sp³-hybridized carbons (Fsp3) is 0.593. The van der Waals surface area contributed by atoms with Gasteiger partial charge in [0, 0.05) is 51.0 Å². The molecular formula is C27H45BF4N5-. The lowest BCUT2D eigenvalue weighted by Crippen LogP contribution is -2.21. The van der Waals surface area contributed by atoms with Crippen molar-refractivity contribution in [1.29, 1.82) is 0 Å². The Bertz CT molecular complexity index is 797. The molecule has 2 N–H and O–H groups in total. The van der Waals surface area contributed by atoms with E-state index in [9.17, 15) is 17.3 Å². The average Bonchev–Trinajstić information content (AvgIpc) is 3.53. The molecule has 37 heavy (non-hydrogen) atoms. The lowest BCUT2D eigenvalue weighted by molar-refractivity contribution is 0.291. The Balaban J connectivity index is 0.000000326. The maximum Gasteiger partial charge on any atom is 0.673 e. The van der Waals surface area contributed by atoms with Gasteiger partial charge in [0.15, 0.2) is 0 Å². The molecule has 0 bridgehead atoms. The van der Waals surface area contributed by atoms with Crippen LogP contribution in [0.15, 0.2) is 61.5 Å². The lowest BCUT2D eigenvalue weighted by Gasteiger charge is -2.17. The molecule has 1 aliphatic rings. The highest BCUT2D eigenvalue weighted by molar-refractivity contribution is 6.50. The molecule has 0 fully saturated rings. The summed E-state index contributed by atoms with van der Waals surface area (Å²) >= 11 is 0. The molecule has 1 aromatic carbocycles. The van der Waals surface area contributed by atoms with Crippen molar-refractivity contribution in [3.63, 3.8) is 0 Å². The van der Waals surface area contributed by atoms with Gasteiger partial charge in [-0.25, -0.2) is 4.98 Å². The number of nitrogens with zero attached hydrogens (tertiary/aromatic N) is 4. The Morgan fingerprint density at radius 2 is 1.51 bits per heavy atom. The molecule has 0 aliphatic carbocycles. The molecular weight excluding hydrogens is 481 g/mol. The van der Waals surface area contributed by atoms with E-state index in [0.717, 1.165) is 13.2 Å². The first-order valence-corrected chi connectivity index (χ1v) is 13.4. The molecule has 5 nitrogen and oxygen atoms in total. The second-order valence-electron chi connectivity index (χ2n) is 9.44. The maximum atomic E-state index is 9.75. The molecule has 0 spiro atoms. The number of halogens is 4. The Morgan fingerprint density at radius 3 is 2.00 bits per heavy atom. The molecule has 0 saturated carbocycles. The second-order valence-corrected chi connectivity index (χ2v) is 9.44. The smallest absolute Gasteiger partial charge is 0.418 e. The minimum Gasteiger partial charge on any atom is -0.418 e. The summed E-state index contributed by atoms with van der Waals surface area (Å²) in [6, 6.07) is 11.0. The molecule has 0 saturated heterocycles. The van der Waals surface area contributed by atoms with Crippen LogP contribution in [0, 0.1) is 0 Å². The Hall–Kier alpha value is -2.49. The number of benzene rings is 1. The minimum atomic E-state index is -6.00. The molecule has 10 heteroatoms. The summed E-state index contributed by atoms with van der Waals surface area (Å²) in [4.78, 5) is 8.55. The van der Waals surface area contributed by atoms with Gasteiger partial charge in [-0.15, -0.1) is 0 Å². The molecule has 1 atom stereocenters. The van der Waals surface area contributed by atoms with Crippen molar-refractivity contribution < 1.29 is 17.3 Å². The molecule has 1 unspecified atom stereocenters. The van der Waals surface area contributed by atoms with Crippen molar-refractivity contribution in [1.82, 2.24) is 19.4 Å². The number of hydrogen-bond donors (Lipinski definition) is 1. The van der Waals surface area contributed by atoms with Crippen LogP contribution in [0.25, 0.3) is 0 Å². The highest BCUT2D eigenvalue weighted by Crippen LogP contribution is 2.16. The highest BCUT2D eigenvalue weighted by atomic mass is 19.5. The molecule has 2 aromatic rings. The van der Waals surface area contributed by atoms with Crippen LogP contribution >= 0.6 is 0 Å². The van der Waals surface area contributed by atoms with E-state index in [4.69, 9.17) is 5.73 Å². The zero-order valence-electron chi connectivity index (χ0n) is 22.5. The quantitative estimate of drug-likeness (QED) is 0.158. The fourth-order valence-electron chi connectivity index (χ4n) is 4.07. The van der Waals surface area contributed by atoms with E-state index in [0.29, 0.717) is 12.6 Å². The third-order valence-corrected chi connectivity index (χ3v) is 6.02. The van der Waals surface area contributed by atoms with Gasteiger partial charge in [-0.05, 0) is 12.0 Å². The molecule has 2 heterocycles. The summed E-state index contributed by atoms with van der Waals surface area (Å²) in [5.74, 6) is 0. The molecule has 0 radical (unpaired) electrons. The average molecular weight is 526 g/mol. The van der Waals surface area contributed by atoms with Gasteiger partial charge in [0.1, 0.15) is 0 Å². The van der Waals surface area contributed by atoms with Gasteiger partial charge >= 0.3 is 7.25 Å². The number of unbranched alkanes of at least 4 members (excludes halogenated alkanes) is 8. The highest BCUT2D eigenvalue weighted by Gasteiger charge is 2.20. The number of nitrogens with two attached hydrogens (primary N) is 1. The van der Waals surface area contributed by atoms with Gasteiger partial charge in [0.05, 0.1) is 13.0 Å². The minimum absolute atomic E-state index is 0.437. The van der Waals surface area contributed by atoms with E-state index in [1.807, 2.05) is 18.7 Å². The first-order valence-electron chi connectivity index (χ1n) is 13.4. The second kappa shape index (κ2) is 19.6. The van der Waals surface area contributed by atoms with E-state index < -0.39 is 7.25 Å². The summed E-state index contributed by atoms with van der Waals surface area (Å²) in [5, 5.41) is 0. The first kappa shape index (κ1) is 32.5. The summed E-state index contributed by atoms with van der Waals surface area (Å²) in [6.07, 6.45) is 23.6. The molecule has 3 rings (SSSR count). The van der Waals surface area contributed by atoms with Crippen LogP contribution in [-0.2, 0) is 6.54 Å². The topological polar surface area (TPSA) is 50.3 Å². The fourth-order valence-corrected chi connectivity index (χ4v) is 4.07. The van der Waals surface area contributed by atoms with Gasteiger partial charge in [-0.1, -0.05) is 95.0 Å². The molecule has 1 aromatic heterocycles. The normalized spacial score (nSPS) is 13.6. The van der Waals surface area contributed by atoms with Gasteiger partial charge in [0.2, 0.25) is 0 Å². The number of hydrogen-bond acceptors (Lipinski definition) is 4. The van der Waals surface area contributed by atoms with E-state index in [-0.39, 0.29) is 0 Å². The van der Waals surface area contributed by atoms with Crippen LogP contribution in [0.4, 0.5) is 17.3 Å². The largest absolute Gasteiger partial charge is 0.673 e. The zero-order valence-corrected chi connectivity index (χ0v) is 22.5. The molecule has 210 valence electrons. The summed E-state index contributed by atoms with van der Waals surface area (Å²) in [7, 11) is -3.92. The van der Waals surface area contributed by atoms with Gasteiger partial charge < -0.3 is 37.4 Å². The van der Waals surface area contributed by atoms with Crippen molar-refractivity contribution in [2.75, 3.05) is 20.3 Å². The first-order chi connectivity index (χ1) is 17.7. The third-order valence-electron chi connectivity index (χ3n) is 6.02. The van der Waals surface area contributed by atoms with Crippen LogP contribution in [0.5, 0.6) is 0 Å². The molecule has 1 aliphatic heterocycles. The van der Waals surface area contributed by atoms with Crippen molar-refractivity contribution in [3.05, 3.63) is 67.0 Å². The number of imidazole rings is 1. The standard InChI is InChI=1S/C16H31N3.C11H14N2.BF4/c1-2-3-4-5-6-7-8-9-10-11-16(14-17)19-13-12-18-15-19;1-12-7-8-13(10-12)9-11-5-3-2-4-6-11;2-1(3,4)5/h12-13,15-16H,2-11,14,17H2,1H3;2-8H,9-10H2,1H3;/q;;-1. The van der Waals surface area contributed by atoms with Crippen molar-refractivity contribution in [2.24, 2.45) is 5.73 Å². The van der Waals surface area contributed by atoms with Crippen LogP contribution < -0.4 is 5.73 Å². The summed E-state index contributed by atoms with van der Waals surface area (Å²) in [6.45, 7) is 4.98. The van der Waals surface area contributed by atoms with Crippen LogP contribution in [0.3, 0.4) is 0 Å². The summed E-state index contributed by atoms with van der Waals surface area (Å²) in [5.41, 5.74) is 7.19. The van der Waals surface area contributed by atoms with Crippen LogP contribution in [0.2, 0.25) is 0 Å².